The zero-order valence-corrected chi connectivity index (χ0v) is 23.1. The molecule has 0 atom stereocenters. The van der Waals surface area contributed by atoms with Crippen LogP contribution in [-0.4, -0.2) is 64.1 Å². The fourth-order valence-corrected chi connectivity index (χ4v) is 5.83. The number of H-pyrrole nitrogens is 1. The van der Waals surface area contributed by atoms with Gasteiger partial charge in [-0.2, -0.15) is 13.2 Å². The molecule has 7 rings (SSSR count). The number of amides is 1. The fourth-order valence-electron chi connectivity index (χ4n) is 5.83. The summed E-state index contributed by atoms with van der Waals surface area (Å²) in [5.74, 6) is -3.65. The van der Waals surface area contributed by atoms with E-state index < -0.39 is 12.1 Å². The standard InChI is InChI=1S/C30H29F2N3O.C2HF3O2/c31-26-5-1-21(2-6-26)29(36)35(20-30-10-14-34(15-11-30)16-12-30)19-25-18-22(3-7-27(25)32)23-4-8-28-24(17-23)9-13-33-28;3-2(4,5)1(6)7/h1-9,13,17-18,33H,10-12,14-16,19-20H2;(H,6,7). The van der Waals surface area contributed by atoms with Gasteiger partial charge in [-0.25, -0.2) is 13.6 Å². The first-order valence-corrected chi connectivity index (χ1v) is 13.9. The normalized spacial score (nSPS) is 19.5. The number of hydrogen-bond acceptors (Lipinski definition) is 3. The Labute approximate surface area is 244 Å². The van der Waals surface area contributed by atoms with Crippen molar-refractivity contribution in [3.8, 4) is 11.1 Å². The number of carbonyl (C=O) groups excluding carboxylic acids is 1. The van der Waals surface area contributed by atoms with Crippen molar-refractivity contribution < 1.29 is 36.6 Å². The van der Waals surface area contributed by atoms with E-state index in [1.165, 1.54) is 30.3 Å². The monoisotopic (exact) mass is 599 g/mol. The second-order valence-electron chi connectivity index (χ2n) is 11.1. The molecular formula is C32H30F5N3O3. The first-order valence-electron chi connectivity index (χ1n) is 13.9. The quantitative estimate of drug-likeness (QED) is 0.237. The van der Waals surface area contributed by atoms with Crippen LogP contribution in [0.2, 0.25) is 0 Å². The van der Waals surface area contributed by atoms with Crippen LogP contribution in [0, 0.1) is 17.0 Å². The number of halogens is 5. The van der Waals surface area contributed by atoms with E-state index in [9.17, 15) is 22.4 Å². The summed E-state index contributed by atoms with van der Waals surface area (Å²) in [6.45, 7) is 3.89. The van der Waals surface area contributed by atoms with Gasteiger partial charge < -0.3 is 19.9 Å². The Bertz CT molecular complexity index is 1600. The average Bonchev–Trinajstić information content (AvgIpc) is 3.47. The first-order chi connectivity index (χ1) is 20.4. The maximum atomic E-state index is 15.1. The number of nitrogens with zero attached hydrogens (tertiary/aromatic N) is 2. The van der Waals surface area contributed by atoms with Gasteiger partial charge in [0.2, 0.25) is 0 Å². The number of carbonyl (C=O) groups is 2. The summed E-state index contributed by atoms with van der Waals surface area (Å²) in [5.41, 5.74) is 3.93. The molecule has 1 aromatic heterocycles. The van der Waals surface area contributed by atoms with Crippen LogP contribution in [0.5, 0.6) is 0 Å². The molecule has 2 N–H and O–H groups in total. The predicted octanol–water partition coefficient (Wildman–Crippen LogP) is 6.87. The molecule has 3 aromatic carbocycles. The van der Waals surface area contributed by atoms with Crippen molar-refractivity contribution in [2.45, 2.75) is 32.0 Å². The highest BCUT2D eigenvalue weighted by Crippen LogP contribution is 2.41. The van der Waals surface area contributed by atoms with Crippen molar-refractivity contribution in [1.82, 2.24) is 14.8 Å². The molecule has 3 saturated heterocycles. The van der Waals surface area contributed by atoms with Crippen LogP contribution in [0.25, 0.3) is 22.0 Å². The summed E-state index contributed by atoms with van der Waals surface area (Å²) < 4.78 is 60.4. The Balaban J connectivity index is 0.000000472. The largest absolute Gasteiger partial charge is 0.490 e. The third kappa shape index (κ3) is 7.05. The van der Waals surface area contributed by atoms with E-state index in [0.29, 0.717) is 17.7 Å². The Kier molecular flexibility index (Phi) is 8.55. The molecule has 4 heterocycles. The Morgan fingerprint density at radius 2 is 1.49 bits per heavy atom. The van der Waals surface area contributed by atoms with Crippen LogP contribution in [0.1, 0.15) is 35.2 Å². The van der Waals surface area contributed by atoms with E-state index in [2.05, 4.69) is 16.0 Å². The summed E-state index contributed by atoms with van der Waals surface area (Å²) in [6.07, 6.45) is -0.0587. The van der Waals surface area contributed by atoms with E-state index in [1.807, 2.05) is 30.5 Å². The number of hydrogen-bond donors (Lipinski definition) is 2. The molecule has 6 nitrogen and oxygen atoms in total. The molecule has 0 aliphatic carbocycles. The lowest BCUT2D eigenvalue weighted by molar-refractivity contribution is -0.192. The molecular weight excluding hydrogens is 569 g/mol. The second kappa shape index (κ2) is 12.2. The first kappa shape index (κ1) is 30.2. The minimum atomic E-state index is -5.08. The molecule has 0 spiro atoms. The number of benzene rings is 3. The van der Waals surface area contributed by atoms with E-state index in [-0.39, 0.29) is 29.5 Å². The third-order valence-corrected chi connectivity index (χ3v) is 8.32. The lowest BCUT2D eigenvalue weighted by atomic mass is 9.71. The molecule has 1 amide bonds. The number of alkyl halides is 3. The van der Waals surface area contributed by atoms with Gasteiger partial charge in [-0.3, -0.25) is 4.79 Å². The highest BCUT2D eigenvalue weighted by atomic mass is 19.4. The van der Waals surface area contributed by atoms with Crippen molar-refractivity contribution in [1.29, 1.82) is 0 Å². The Morgan fingerprint density at radius 1 is 0.884 bits per heavy atom. The molecule has 0 unspecified atom stereocenters. The summed E-state index contributed by atoms with van der Waals surface area (Å²) in [5, 5.41) is 8.22. The second-order valence-corrected chi connectivity index (χ2v) is 11.1. The minimum absolute atomic E-state index is 0.0534. The SMILES string of the molecule is O=C(O)C(F)(F)F.O=C(c1ccc(F)cc1)N(Cc1cc(-c2ccc3[nH]ccc3c2)ccc1F)CC12CCN(CC1)CC2. The molecule has 43 heavy (non-hydrogen) atoms. The third-order valence-electron chi connectivity index (χ3n) is 8.32. The van der Waals surface area contributed by atoms with Gasteiger partial charge in [0.05, 0.1) is 0 Å². The number of rotatable bonds is 6. The highest BCUT2D eigenvalue weighted by Gasteiger charge is 2.41. The minimum Gasteiger partial charge on any atom is -0.475 e. The van der Waals surface area contributed by atoms with Gasteiger partial charge in [0.15, 0.2) is 0 Å². The van der Waals surface area contributed by atoms with Crippen molar-refractivity contribution in [3.05, 3.63) is 95.7 Å². The number of fused-ring (bicyclic) bond motifs is 4. The Hall–Kier alpha value is -4.25. The van der Waals surface area contributed by atoms with Crippen LogP contribution in [0.4, 0.5) is 22.0 Å². The molecule has 0 saturated carbocycles. The van der Waals surface area contributed by atoms with Crippen LogP contribution < -0.4 is 0 Å². The summed E-state index contributed by atoms with van der Waals surface area (Å²) in [4.78, 5) is 30.0. The molecule has 3 aliphatic rings. The van der Waals surface area contributed by atoms with Gasteiger partial charge in [-0.05, 0) is 115 Å². The maximum Gasteiger partial charge on any atom is 0.490 e. The number of aliphatic carboxylic acids is 1. The van der Waals surface area contributed by atoms with Gasteiger partial charge in [-0.1, -0.05) is 12.1 Å². The molecule has 4 aromatic rings. The van der Waals surface area contributed by atoms with Crippen molar-refractivity contribution >= 4 is 22.8 Å². The number of aromatic amines is 1. The summed E-state index contributed by atoms with van der Waals surface area (Å²) in [7, 11) is 0. The van der Waals surface area contributed by atoms with E-state index in [0.717, 1.165) is 60.9 Å². The zero-order chi connectivity index (χ0) is 30.8. The van der Waals surface area contributed by atoms with Crippen LogP contribution in [0.15, 0.2) is 72.9 Å². The molecule has 3 aliphatic heterocycles. The van der Waals surface area contributed by atoms with Crippen LogP contribution in [0.3, 0.4) is 0 Å². The molecule has 226 valence electrons. The molecule has 2 bridgehead atoms. The number of carboxylic acid groups (broad SMARTS) is 1. The topological polar surface area (TPSA) is 76.6 Å². The number of carboxylic acids is 1. The summed E-state index contributed by atoms with van der Waals surface area (Å²) in [6, 6.07) is 18.9. The number of aromatic nitrogens is 1. The molecule has 3 fully saturated rings. The van der Waals surface area contributed by atoms with E-state index in [1.54, 1.807) is 11.0 Å². The van der Waals surface area contributed by atoms with Crippen LogP contribution >= 0.6 is 0 Å². The van der Waals surface area contributed by atoms with Crippen molar-refractivity contribution in [2.75, 3.05) is 26.2 Å². The van der Waals surface area contributed by atoms with Gasteiger partial charge >= 0.3 is 12.1 Å². The average molecular weight is 600 g/mol. The highest BCUT2D eigenvalue weighted by molar-refractivity contribution is 5.94. The predicted molar refractivity (Wildman–Crippen MR) is 151 cm³/mol. The van der Waals surface area contributed by atoms with Gasteiger partial charge in [0.25, 0.3) is 5.91 Å². The van der Waals surface area contributed by atoms with Gasteiger partial charge in [-0.15, -0.1) is 0 Å². The maximum absolute atomic E-state index is 15.1. The van der Waals surface area contributed by atoms with Gasteiger partial charge in [0.1, 0.15) is 11.6 Å². The smallest absolute Gasteiger partial charge is 0.475 e. The lowest BCUT2D eigenvalue weighted by Gasteiger charge is -2.50. The van der Waals surface area contributed by atoms with Crippen molar-refractivity contribution in [2.24, 2.45) is 5.41 Å². The van der Waals surface area contributed by atoms with Gasteiger partial charge in [0, 0.05) is 35.9 Å². The zero-order valence-electron chi connectivity index (χ0n) is 23.1. The van der Waals surface area contributed by atoms with Crippen LogP contribution in [-0.2, 0) is 11.3 Å². The van der Waals surface area contributed by atoms with E-state index >= 15 is 4.39 Å². The van der Waals surface area contributed by atoms with E-state index in [4.69, 9.17) is 9.90 Å². The molecule has 0 radical (unpaired) electrons. The van der Waals surface area contributed by atoms with Crippen molar-refractivity contribution in [3.63, 3.8) is 0 Å². The Morgan fingerprint density at radius 3 is 2.12 bits per heavy atom. The fraction of sp³-hybridized carbons (Fsp3) is 0.312. The molecule has 11 heteroatoms. The summed E-state index contributed by atoms with van der Waals surface area (Å²) >= 11 is 0. The lowest BCUT2D eigenvalue weighted by Crippen LogP contribution is -2.53. The number of nitrogens with one attached hydrogen (secondary N) is 1. The number of piperidine rings is 3.